The molecule has 1 heterocycles. The molecule has 1 aromatic rings. The molecular weight excluding hydrogens is 314 g/mol. The third kappa shape index (κ3) is 4.12. The van der Waals surface area contributed by atoms with E-state index in [2.05, 4.69) is 4.72 Å². The van der Waals surface area contributed by atoms with E-state index in [0.717, 1.165) is 36.5 Å². The fourth-order valence-electron chi connectivity index (χ4n) is 2.12. The molecule has 1 fully saturated rings. The zero-order valence-corrected chi connectivity index (χ0v) is 12.9. The van der Waals surface area contributed by atoms with E-state index in [1.54, 1.807) is 0 Å². The maximum atomic E-state index is 12.2. The Morgan fingerprint density at radius 2 is 2.00 bits per heavy atom. The van der Waals surface area contributed by atoms with E-state index in [1.165, 1.54) is 6.07 Å². The van der Waals surface area contributed by atoms with Gasteiger partial charge in [0.2, 0.25) is 10.0 Å². The van der Waals surface area contributed by atoms with Gasteiger partial charge in [0.1, 0.15) is 11.3 Å². The summed E-state index contributed by atoms with van der Waals surface area (Å²) >= 11 is 1.86. The van der Waals surface area contributed by atoms with Crippen molar-refractivity contribution in [3.05, 3.63) is 23.8 Å². The van der Waals surface area contributed by atoms with Crippen molar-refractivity contribution in [2.45, 2.75) is 17.7 Å². The molecule has 1 saturated heterocycles. The van der Waals surface area contributed by atoms with Crippen molar-refractivity contribution in [2.24, 2.45) is 5.92 Å². The highest BCUT2D eigenvalue weighted by Crippen LogP contribution is 2.24. The Bertz CT molecular complexity index is 623. The first-order chi connectivity index (χ1) is 9.90. The van der Waals surface area contributed by atoms with Crippen LogP contribution in [0.5, 0.6) is 5.75 Å². The number of hydrogen-bond donors (Lipinski definition) is 3. The van der Waals surface area contributed by atoms with Crippen molar-refractivity contribution in [3.8, 4) is 5.75 Å². The Hall–Kier alpha value is -1.25. The molecule has 0 radical (unpaired) electrons. The molecule has 0 spiro atoms. The average Bonchev–Trinajstić information content (AvgIpc) is 2.46. The predicted molar refractivity (Wildman–Crippen MR) is 80.3 cm³/mol. The predicted octanol–water partition coefficient (Wildman–Crippen LogP) is 1.51. The zero-order valence-electron chi connectivity index (χ0n) is 11.3. The molecule has 0 aliphatic carbocycles. The third-order valence-electron chi connectivity index (χ3n) is 3.41. The van der Waals surface area contributed by atoms with E-state index in [9.17, 15) is 18.3 Å². The van der Waals surface area contributed by atoms with Crippen LogP contribution in [0.3, 0.4) is 0 Å². The molecule has 6 nitrogen and oxygen atoms in total. The number of aromatic hydroxyl groups is 1. The maximum Gasteiger partial charge on any atom is 0.339 e. The van der Waals surface area contributed by atoms with Crippen molar-refractivity contribution in [1.29, 1.82) is 0 Å². The van der Waals surface area contributed by atoms with Gasteiger partial charge < -0.3 is 10.2 Å². The van der Waals surface area contributed by atoms with E-state index in [0.29, 0.717) is 12.5 Å². The topological polar surface area (TPSA) is 104 Å². The molecule has 0 saturated carbocycles. The number of hydrogen-bond acceptors (Lipinski definition) is 5. The van der Waals surface area contributed by atoms with Crippen LogP contribution >= 0.6 is 11.8 Å². The second-order valence-corrected chi connectivity index (χ2v) is 7.88. The summed E-state index contributed by atoms with van der Waals surface area (Å²) in [5, 5.41) is 18.3. The van der Waals surface area contributed by atoms with Gasteiger partial charge in [-0.1, -0.05) is 0 Å². The number of phenols is 1. The standard InChI is InChI=1S/C13H17NO5S2/c15-12-2-1-10(7-11(12)13(16)17)21(18,19)14-8-9-3-5-20-6-4-9/h1-2,7,9,14-15H,3-6,8H2,(H,16,17). The van der Waals surface area contributed by atoms with Gasteiger partial charge in [-0.2, -0.15) is 11.8 Å². The highest BCUT2D eigenvalue weighted by molar-refractivity contribution is 7.99. The summed E-state index contributed by atoms with van der Waals surface area (Å²) in [7, 11) is -3.76. The number of aromatic carboxylic acids is 1. The number of carbonyl (C=O) groups is 1. The van der Waals surface area contributed by atoms with Gasteiger partial charge in [-0.3, -0.25) is 0 Å². The quantitative estimate of drug-likeness (QED) is 0.755. The van der Waals surface area contributed by atoms with Crippen molar-refractivity contribution >= 4 is 27.8 Å². The lowest BCUT2D eigenvalue weighted by atomic mass is 10.0. The van der Waals surface area contributed by atoms with Crippen LogP contribution in [0.4, 0.5) is 0 Å². The van der Waals surface area contributed by atoms with Crippen LogP contribution in [-0.2, 0) is 10.0 Å². The summed E-state index contributed by atoms with van der Waals surface area (Å²) < 4.78 is 26.9. The Balaban J connectivity index is 2.11. The monoisotopic (exact) mass is 331 g/mol. The minimum Gasteiger partial charge on any atom is -0.507 e. The number of nitrogens with one attached hydrogen (secondary N) is 1. The van der Waals surface area contributed by atoms with Crippen LogP contribution in [0.1, 0.15) is 23.2 Å². The number of carboxylic acid groups (broad SMARTS) is 1. The second-order valence-electron chi connectivity index (χ2n) is 4.89. The molecule has 116 valence electrons. The van der Waals surface area contributed by atoms with Crippen LogP contribution in [0.2, 0.25) is 0 Å². The number of benzene rings is 1. The van der Waals surface area contributed by atoms with Crippen LogP contribution in [-0.4, -0.2) is 42.7 Å². The highest BCUT2D eigenvalue weighted by atomic mass is 32.2. The minimum atomic E-state index is -3.76. The molecule has 1 aliphatic heterocycles. The van der Waals surface area contributed by atoms with Crippen LogP contribution < -0.4 is 4.72 Å². The Morgan fingerprint density at radius 1 is 1.33 bits per heavy atom. The van der Waals surface area contributed by atoms with Gasteiger partial charge in [0.25, 0.3) is 0 Å². The highest BCUT2D eigenvalue weighted by Gasteiger charge is 2.21. The molecule has 0 amide bonds. The van der Waals surface area contributed by atoms with Gasteiger partial charge in [0.15, 0.2) is 0 Å². The number of sulfonamides is 1. The lowest BCUT2D eigenvalue weighted by Crippen LogP contribution is -2.31. The van der Waals surface area contributed by atoms with Gasteiger partial charge in [-0.05, 0) is 48.5 Å². The first kappa shape index (κ1) is 16.1. The molecular formula is C13H17NO5S2. The molecule has 3 N–H and O–H groups in total. The number of rotatable bonds is 5. The van der Waals surface area contributed by atoms with Crippen LogP contribution in [0.15, 0.2) is 23.1 Å². The van der Waals surface area contributed by atoms with Crippen LogP contribution in [0, 0.1) is 5.92 Å². The summed E-state index contributed by atoms with van der Waals surface area (Å²) in [6, 6.07) is 3.24. The average molecular weight is 331 g/mol. The Morgan fingerprint density at radius 3 is 2.62 bits per heavy atom. The zero-order chi connectivity index (χ0) is 15.5. The lowest BCUT2D eigenvalue weighted by Gasteiger charge is -2.21. The minimum absolute atomic E-state index is 0.150. The molecule has 8 heteroatoms. The molecule has 1 aliphatic rings. The van der Waals surface area contributed by atoms with E-state index in [1.807, 2.05) is 11.8 Å². The number of thioether (sulfide) groups is 1. The van der Waals surface area contributed by atoms with E-state index in [4.69, 9.17) is 5.11 Å². The summed E-state index contributed by atoms with van der Waals surface area (Å²) in [6.45, 7) is 0.353. The maximum absolute atomic E-state index is 12.2. The number of carboxylic acids is 1. The molecule has 0 bridgehead atoms. The van der Waals surface area contributed by atoms with Crippen molar-refractivity contribution in [1.82, 2.24) is 4.72 Å². The van der Waals surface area contributed by atoms with Gasteiger partial charge in [0, 0.05) is 6.54 Å². The van der Waals surface area contributed by atoms with Crippen molar-refractivity contribution in [2.75, 3.05) is 18.1 Å². The smallest absolute Gasteiger partial charge is 0.339 e. The molecule has 0 atom stereocenters. The molecule has 1 aromatic carbocycles. The molecule has 21 heavy (non-hydrogen) atoms. The van der Waals surface area contributed by atoms with Gasteiger partial charge in [-0.25, -0.2) is 17.9 Å². The lowest BCUT2D eigenvalue weighted by molar-refractivity contribution is 0.0693. The van der Waals surface area contributed by atoms with E-state index < -0.39 is 27.3 Å². The van der Waals surface area contributed by atoms with Crippen LogP contribution in [0.25, 0.3) is 0 Å². The normalized spacial score (nSPS) is 16.8. The summed E-state index contributed by atoms with van der Waals surface area (Å²) in [6.07, 6.45) is 1.95. The molecule has 0 aromatic heterocycles. The fraction of sp³-hybridized carbons (Fsp3) is 0.462. The second kappa shape index (κ2) is 6.67. The summed E-state index contributed by atoms with van der Waals surface area (Å²) in [5.41, 5.74) is -0.424. The summed E-state index contributed by atoms with van der Waals surface area (Å²) in [4.78, 5) is 10.8. The van der Waals surface area contributed by atoms with Crippen molar-refractivity contribution < 1.29 is 23.4 Å². The SMILES string of the molecule is O=C(O)c1cc(S(=O)(=O)NCC2CCSCC2)ccc1O. The first-order valence-corrected chi connectivity index (χ1v) is 9.17. The van der Waals surface area contributed by atoms with Gasteiger partial charge in [-0.15, -0.1) is 0 Å². The molecule has 2 rings (SSSR count). The van der Waals surface area contributed by atoms with E-state index in [-0.39, 0.29) is 4.90 Å². The fourth-order valence-corrected chi connectivity index (χ4v) is 4.46. The Labute approximate surface area is 127 Å². The van der Waals surface area contributed by atoms with Gasteiger partial charge >= 0.3 is 5.97 Å². The van der Waals surface area contributed by atoms with Gasteiger partial charge in [0.05, 0.1) is 4.90 Å². The first-order valence-electron chi connectivity index (χ1n) is 6.54. The largest absolute Gasteiger partial charge is 0.507 e. The third-order valence-corrected chi connectivity index (χ3v) is 5.88. The summed E-state index contributed by atoms with van der Waals surface area (Å²) in [5.74, 6) is 0.570. The van der Waals surface area contributed by atoms with E-state index >= 15 is 0 Å². The van der Waals surface area contributed by atoms with Crippen molar-refractivity contribution in [3.63, 3.8) is 0 Å². The molecule has 0 unspecified atom stereocenters. The Kier molecular flexibility index (Phi) is 5.13.